The lowest BCUT2D eigenvalue weighted by Gasteiger charge is -2.31. The van der Waals surface area contributed by atoms with Gasteiger partial charge in [0.15, 0.2) is 0 Å². The summed E-state index contributed by atoms with van der Waals surface area (Å²) in [5, 5.41) is 14.7. The van der Waals surface area contributed by atoms with Crippen LogP contribution in [-0.4, -0.2) is 54.0 Å². The van der Waals surface area contributed by atoms with Crippen LogP contribution in [0.5, 0.6) is 0 Å². The molecular weight excluding hydrogens is 382 g/mol. The van der Waals surface area contributed by atoms with Crippen molar-refractivity contribution in [3.8, 4) is 0 Å². The van der Waals surface area contributed by atoms with Crippen LogP contribution in [-0.2, 0) is 4.79 Å². The van der Waals surface area contributed by atoms with Gasteiger partial charge in [0.1, 0.15) is 0 Å². The summed E-state index contributed by atoms with van der Waals surface area (Å²) in [4.78, 5) is 38.7. The van der Waals surface area contributed by atoms with Gasteiger partial charge in [-0.25, -0.2) is 0 Å². The number of carbonyl (C=O) groups is 3. The van der Waals surface area contributed by atoms with Crippen molar-refractivity contribution < 1.29 is 19.5 Å². The van der Waals surface area contributed by atoms with Crippen LogP contribution in [0.4, 0.5) is 5.69 Å². The number of aliphatic hydroxyl groups excluding tert-OH is 1. The van der Waals surface area contributed by atoms with Gasteiger partial charge in [-0.1, -0.05) is 24.3 Å². The third-order valence-corrected chi connectivity index (χ3v) is 5.23. The molecule has 0 radical (unpaired) electrons. The van der Waals surface area contributed by atoms with Gasteiger partial charge >= 0.3 is 0 Å². The van der Waals surface area contributed by atoms with Crippen LogP contribution >= 0.6 is 0 Å². The van der Waals surface area contributed by atoms with Gasteiger partial charge in [-0.05, 0) is 49.1 Å². The van der Waals surface area contributed by atoms with Gasteiger partial charge < -0.3 is 20.6 Å². The van der Waals surface area contributed by atoms with E-state index in [4.69, 9.17) is 0 Å². The van der Waals surface area contributed by atoms with E-state index >= 15 is 0 Å². The standard InChI is InChI=1S/C23H27N3O4/c27-16-17-10-13-26(14-11-17)23(30)19-7-4-8-20(15-19)25-21(28)9-12-24-22(29)18-5-2-1-3-6-18/h1-8,15,17,27H,9-14,16H2,(H,24,29)(H,25,28). The Morgan fingerprint density at radius 1 is 0.967 bits per heavy atom. The molecule has 158 valence electrons. The Labute approximate surface area is 176 Å². The SMILES string of the molecule is O=C(CCNC(=O)c1ccccc1)Nc1cccc(C(=O)N2CCC(CO)CC2)c1. The summed E-state index contributed by atoms with van der Waals surface area (Å²) >= 11 is 0. The van der Waals surface area contributed by atoms with Crippen molar-refractivity contribution in [2.45, 2.75) is 19.3 Å². The maximum atomic E-state index is 12.7. The van der Waals surface area contributed by atoms with Gasteiger partial charge in [-0.3, -0.25) is 14.4 Å². The van der Waals surface area contributed by atoms with E-state index in [9.17, 15) is 19.5 Å². The Bertz CT molecular complexity index is 877. The number of hydrogen-bond acceptors (Lipinski definition) is 4. The predicted octanol–water partition coefficient (Wildman–Crippen LogP) is 2.29. The minimum Gasteiger partial charge on any atom is -0.396 e. The molecule has 3 rings (SSSR count). The van der Waals surface area contributed by atoms with E-state index in [0.717, 1.165) is 12.8 Å². The monoisotopic (exact) mass is 409 g/mol. The van der Waals surface area contributed by atoms with E-state index < -0.39 is 0 Å². The average Bonchev–Trinajstić information content (AvgIpc) is 2.79. The molecule has 0 spiro atoms. The van der Waals surface area contributed by atoms with Crippen LogP contribution in [0.2, 0.25) is 0 Å². The molecule has 1 heterocycles. The van der Waals surface area contributed by atoms with Gasteiger partial charge in [-0.15, -0.1) is 0 Å². The third-order valence-electron chi connectivity index (χ3n) is 5.23. The highest BCUT2D eigenvalue weighted by atomic mass is 16.3. The normalized spacial score (nSPS) is 14.2. The van der Waals surface area contributed by atoms with Gasteiger partial charge in [0.25, 0.3) is 11.8 Å². The Hall–Kier alpha value is -3.19. The van der Waals surface area contributed by atoms with E-state index in [-0.39, 0.29) is 43.2 Å². The first-order valence-electron chi connectivity index (χ1n) is 10.2. The van der Waals surface area contributed by atoms with Crippen molar-refractivity contribution in [1.29, 1.82) is 0 Å². The molecule has 1 aliphatic heterocycles. The molecule has 1 fully saturated rings. The van der Waals surface area contributed by atoms with E-state index in [1.807, 2.05) is 6.07 Å². The fraction of sp³-hybridized carbons (Fsp3) is 0.348. The molecule has 3 amide bonds. The van der Waals surface area contributed by atoms with Crippen molar-refractivity contribution in [2.75, 3.05) is 31.6 Å². The van der Waals surface area contributed by atoms with Gasteiger partial charge in [0, 0.05) is 49.5 Å². The molecule has 1 aliphatic rings. The zero-order chi connectivity index (χ0) is 21.3. The minimum atomic E-state index is -0.239. The van der Waals surface area contributed by atoms with E-state index in [1.165, 1.54) is 0 Å². The van der Waals surface area contributed by atoms with Crippen molar-refractivity contribution in [3.63, 3.8) is 0 Å². The van der Waals surface area contributed by atoms with Crippen LogP contribution in [0, 0.1) is 5.92 Å². The molecule has 2 aromatic carbocycles. The first-order chi connectivity index (χ1) is 14.6. The van der Waals surface area contributed by atoms with Gasteiger partial charge in [0.2, 0.25) is 5.91 Å². The zero-order valence-electron chi connectivity index (χ0n) is 16.8. The lowest BCUT2D eigenvalue weighted by molar-refractivity contribution is -0.116. The number of piperidine rings is 1. The molecule has 0 bridgehead atoms. The third kappa shape index (κ3) is 5.90. The van der Waals surface area contributed by atoms with E-state index in [1.54, 1.807) is 53.4 Å². The number of nitrogens with one attached hydrogen (secondary N) is 2. The second-order valence-electron chi connectivity index (χ2n) is 7.42. The maximum Gasteiger partial charge on any atom is 0.253 e. The molecule has 0 unspecified atom stereocenters. The summed E-state index contributed by atoms with van der Waals surface area (Å²) in [6.07, 6.45) is 1.73. The van der Waals surface area contributed by atoms with E-state index in [2.05, 4.69) is 10.6 Å². The van der Waals surface area contributed by atoms with Crippen molar-refractivity contribution in [2.24, 2.45) is 5.92 Å². The molecule has 0 saturated carbocycles. The van der Waals surface area contributed by atoms with Crippen molar-refractivity contribution >= 4 is 23.4 Å². The molecule has 7 nitrogen and oxygen atoms in total. The predicted molar refractivity (Wildman–Crippen MR) is 114 cm³/mol. The highest BCUT2D eigenvalue weighted by molar-refractivity contribution is 5.98. The lowest BCUT2D eigenvalue weighted by atomic mass is 9.97. The molecule has 2 aromatic rings. The summed E-state index contributed by atoms with van der Waals surface area (Å²) in [5.74, 6) is -0.266. The quantitative estimate of drug-likeness (QED) is 0.653. The smallest absolute Gasteiger partial charge is 0.253 e. The first-order valence-corrected chi connectivity index (χ1v) is 10.2. The largest absolute Gasteiger partial charge is 0.396 e. The van der Waals surface area contributed by atoms with Crippen LogP contribution in [0.1, 0.15) is 40.0 Å². The number of anilines is 1. The Balaban J connectivity index is 1.48. The summed E-state index contributed by atoms with van der Waals surface area (Å²) in [5.41, 5.74) is 1.62. The molecule has 0 atom stereocenters. The van der Waals surface area contributed by atoms with Gasteiger partial charge in [-0.2, -0.15) is 0 Å². The molecule has 1 saturated heterocycles. The Morgan fingerprint density at radius 2 is 1.67 bits per heavy atom. The molecule has 3 N–H and O–H groups in total. The van der Waals surface area contributed by atoms with Gasteiger partial charge in [0.05, 0.1) is 0 Å². The molecule has 7 heteroatoms. The minimum absolute atomic E-state index is 0.0717. The summed E-state index contributed by atoms with van der Waals surface area (Å²) in [6, 6.07) is 15.7. The Kier molecular flexibility index (Phi) is 7.57. The fourth-order valence-electron chi connectivity index (χ4n) is 3.44. The number of aliphatic hydroxyl groups is 1. The van der Waals surface area contributed by atoms with E-state index in [0.29, 0.717) is 29.9 Å². The maximum absolute atomic E-state index is 12.7. The van der Waals surface area contributed by atoms with Crippen molar-refractivity contribution in [1.82, 2.24) is 10.2 Å². The van der Waals surface area contributed by atoms with Crippen LogP contribution in [0.25, 0.3) is 0 Å². The van der Waals surface area contributed by atoms with Crippen LogP contribution in [0.15, 0.2) is 54.6 Å². The first kappa shape index (κ1) is 21.5. The number of amides is 3. The number of nitrogens with zero attached hydrogens (tertiary/aromatic N) is 1. The fourth-order valence-corrected chi connectivity index (χ4v) is 3.44. The summed E-state index contributed by atoms with van der Waals surface area (Å²) < 4.78 is 0. The molecule has 30 heavy (non-hydrogen) atoms. The van der Waals surface area contributed by atoms with Crippen molar-refractivity contribution in [3.05, 3.63) is 65.7 Å². The zero-order valence-corrected chi connectivity index (χ0v) is 16.8. The second-order valence-corrected chi connectivity index (χ2v) is 7.42. The highest BCUT2D eigenvalue weighted by Gasteiger charge is 2.23. The summed E-state index contributed by atoms with van der Waals surface area (Å²) in [6.45, 7) is 1.64. The number of hydrogen-bond donors (Lipinski definition) is 3. The highest BCUT2D eigenvalue weighted by Crippen LogP contribution is 2.20. The molecule has 0 aliphatic carbocycles. The van der Waals surface area contributed by atoms with Crippen LogP contribution < -0.4 is 10.6 Å². The second kappa shape index (κ2) is 10.5. The lowest BCUT2D eigenvalue weighted by Crippen LogP contribution is -2.39. The average molecular weight is 409 g/mol. The van der Waals surface area contributed by atoms with Crippen LogP contribution in [0.3, 0.4) is 0 Å². The topological polar surface area (TPSA) is 98.7 Å². The number of carbonyl (C=O) groups excluding carboxylic acids is 3. The number of likely N-dealkylation sites (tertiary alicyclic amines) is 1. The molecule has 0 aromatic heterocycles. The number of rotatable bonds is 7. The summed E-state index contributed by atoms with van der Waals surface area (Å²) in [7, 11) is 0. The Morgan fingerprint density at radius 3 is 2.37 bits per heavy atom. The molecular formula is C23H27N3O4. The number of benzene rings is 2.